The molecule has 2 rings (SSSR count). The maximum atomic E-state index is 11.9. The summed E-state index contributed by atoms with van der Waals surface area (Å²) in [5.41, 5.74) is 0. The highest BCUT2D eigenvalue weighted by Crippen LogP contribution is 2.26. The van der Waals surface area contributed by atoms with E-state index in [1.54, 1.807) is 4.90 Å². The number of hydrogen-bond acceptors (Lipinski definition) is 3. The third-order valence-corrected chi connectivity index (χ3v) is 4.18. The van der Waals surface area contributed by atoms with Gasteiger partial charge in [0.05, 0.1) is 5.92 Å². The second-order valence-electron chi connectivity index (χ2n) is 5.65. The zero-order valence-electron chi connectivity index (χ0n) is 11.1. The molecule has 1 amide bonds. The minimum absolute atomic E-state index is 0.0189. The van der Waals surface area contributed by atoms with E-state index in [0.717, 1.165) is 25.9 Å². The van der Waals surface area contributed by atoms with Crippen molar-refractivity contribution >= 4 is 11.9 Å². The Hall–Kier alpha value is -1.10. The summed E-state index contributed by atoms with van der Waals surface area (Å²) in [6.45, 7) is 6.78. The van der Waals surface area contributed by atoms with E-state index >= 15 is 0 Å². The van der Waals surface area contributed by atoms with Crippen LogP contribution in [0, 0.1) is 5.92 Å². The lowest BCUT2D eigenvalue weighted by Gasteiger charge is -2.38. The van der Waals surface area contributed by atoms with Crippen LogP contribution in [0.25, 0.3) is 0 Å². The predicted molar refractivity (Wildman–Crippen MR) is 67.2 cm³/mol. The minimum Gasteiger partial charge on any atom is -0.481 e. The van der Waals surface area contributed by atoms with Crippen molar-refractivity contribution in [3.63, 3.8) is 0 Å². The molecule has 0 aromatic carbocycles. The number of piperidine rings is 1. The second-order valence-corrected chi connectivity index (χ2v) is 5.65. The number of carboxylic acid groups (broad SMARTS) is 1. The van der Waals surface area contributed by atoms with Crippen LogP contribution in [-0.2, 0) is 9.59 Å². The molecule has 0 aromatic heterocycles. The molecule has 1 atom stereocenters. The molecule has 0 aliphatic carbocycles. The predicted octanol–water partition coefficient (Wildman–Crippen LogP) is 0.792. The zero-order valence-corrected chi connectivity index (χ0v) is 11.1. The van der Waals surface area contributed by atoms with E-state index in [0.29, 0.717) is 12.6 Å². The standard InChI is InChI=1S/C13H22N2O3/c1-9(2)14-5-3-11(4-6-14)15-8-10(13(17)18)7-12(15)16/h9-11H,3-8H2,1-2H3,(H,17,18). The summed E-state index contributed by atoms with van der Waals surface area (Å²) in [7, 11) is 0. The molecule has 1 N–H and O–H groups in total. The fraction of sp³-hybridized carbons (Fsp3) is 0.846. The second kappa shape index (κ2) is 5.26. The number of carbonyl (C=O) groups excluding carboxylic acids is 1. The van der Waals surface area contributed by atoms with Crippen molar-refractivity contribution in [2.75, 3.05) is 19.6 Å². The Bertz CT molecular complexity index is 335. The van der Waals surface area contributed by atoms with Crippen LogP contribution >= 0.6 is 0 Å². The van der Waals surface area contributed by atoms with E-state index in [2.05, 4.69) is 18.7 Å². The average molecular weight is 254 g/mol. The number of likely N-dealkylation sites (tertiary alicyclic amines) is 2. The minimum atomic E-state index is -0.842. The van der Waals surface area contributed by atoms with Crippen LogP contribution < -0.4 is 0 Å². The van der Waals surface area contributed by atoms with Crippen molar-refractivity contribution in [1.29, 1.82) is 0 Å². The number of amides is 1. The van der Waals surface area contributed by atoms with Gasteiger partial charge in [0.2, 0.25) is 5.91 Å². The highest BCUT2D eigenvalue weighted by atomic mass is 16.4. The normalized spacial score (nSPS) is 27.2. The van der Waals surface area contributed by atoms with E-state index in [1.807, 2.05) is 0 Å². The van der Waals surface area contributed by atoms with Gasteiger partial charge in [-0.3, -0.25) is 9.59 Å². The molecule has 2 aliphatic heterocycles. The molecule has 18 heavy (non-hydrogen) atoms. The Balaban J connectivity index is 1.90. The van der Waals surface area contributed by atoms with Crippen LogP contribution in [0.2, 0.25) is 0 Å². The van der Waals surface area contributed by atoms with Gasteiger partial charge in [-0.1, -0.05) is 0 Å². The van der Waals surface area contributed by atoms with Crippen LogP contribution in [0.1, 0.15) is 33.1 Å². The van der Waals surface area contributed by atoms with Gasteiger partial charge in [-0.2, -0.15) is 0 Å². The van der Waals surface area contributed by atoms with E-state index in [-0.39, 0.29) is 18.4 Å². The van der Waals surface area contributed by atoms with Gasteiger partial charge in [0, 0.05) is 38.1 Å². The van der Waals surface area contributed by atoms with E-state index in [9.17, 15) is 9.59 Å². The summed E-state index contributed by atoms with van der Waals surface area (Å²) in [6, 6.07) is 0.795. The number of aliphatic carboxylic acids is 1. The van der Waals surface area contributed by atoms with Gasteiger partial charge in [-0.15, -0.1) is 0 Å². The van der Waals surface area contributed by atoms with Crippen molar-refractivity contribution in [1.82, 2.24) is 9.80 Å². The SMILES string of the molecule is CC(C)N1CCC(N2CC(C(=O)O)CC2=O)CC1. The van der Waals surface area contributed by atoms with E-state index in [4.69, 9.17) is 5.11 Å². The quantitative estimate of drug-likeness (QED) is 0.809. The lowest BCUT2D eigenvalue weighted by Crippen LogP contribution is -2.47. The molecule has 0 bridgehead atoms. The molecule has 5 nitrogen and oxygen atoms in total. The smallest absolute Gasteiger partial charge is 0.308 e. The van der Waals surface area contributed by atoms with Gasteiger partial charge >= 0.3 is 5.97 Å². The maximum Gasteiger partial charge on any atom is 0.308 e. The Morgan fingerprint density at radius 3 is 2.39 bits per heavy atom. The molecule has 102 valence electrons. The molecular weight excluding hydrogens is 232 g/mol. The monoisotopic (exact) mass is 254 g/mol. The highest BCUT2D eigenvalue weighted by Gasteiger charge is 2.38. The van der Waals surface area contributed by atoms with Crippen LogP contribution in [0.4, 0.5) is 0 Å². The first-order valence-corrected chi connectivity index (χ1v) is 6.75. The fourth-order valence-corrected chi connectivity index (χ4v) is 2.96. The molecule has 2 heterocycles. The Morgan fingerprint density at radius 1 is 1.33 bits per heavy atom. The average Bonchev–Trinajstić information content (AvgIpc) is 2.71. The number of carboxylic acids is 1. The molecule has 2 saturated heterocycles. The topological polar surface area (TPSA) is 60.9 Å². The summed E-state index contributed by atoms with van der Waals surface area (Å²) >= 11 is 0. The zero-order chi connectivity index (χ0) is 13.3. The number of carbonyl (C=O) groups is 2. The largest absolute Gasteiger partial charge is 0.481 e. The van der Waals surface area contributed by atoms with Gasteiger partial charge in [0.25, 0.3) is 0 Å². The molecule has 2 fully saturated rings. The molecule has 5 heteroatoms. The van der Waals surface area contributed by atoms with Gasteiger partial charge in [-0.25, -0.2) is 0 Å². The number of rotatable bonds is 3. The first-order chi connectivity index (χ1) is 8.49. The van der Waals surface area contributed by atoms with Crippen molar-refractivity contribution in [2.45, 2.75) is 45.2 Å². The Morgan fingerprint density at radius 2 is 1.94 bits per heavy atom. The summed E-state index contributed by atoms with van der Waals surface area (Å²) in [6.07, 6.45) is 2.12. The fourth-order valence-electron chi connectivity index (χ4n) is 2.96. The van der Waals surface area contributed by atoms with Crippen molar-refractivity contribution in [3.05, 3.63) is 0 Å². The summed E-state index contributed by atoms with van der Waals surface area (Å²) in [5, 5.41) is 8.97. The first kappa shape index (κ1) is 13.3. The van der Waals surface area contributed by atoms with Gasteiger partial charge in [0.15, 0.2) is 0 Å². The summed E-state index contributed by atoms with van der Waals surface area (Å²) in [5.74, 6) is -1.32. The molecule has 0 saturated carbocycles. The van der Waals surface area contributed by atoms with Crippen molar-refractivity contribution in [3.8, 4) is 0 Å². The van der Waals surface area contributed by atoms with Crippen molar-refractivity contribution < 1.29 is 14.7 Å². The summed E-state index contributed by atoms with van der Waals surface area (Å²) in [4.78, 5) is 27.0. The Labute approximate surface area is 108 Å². The summed E-state index contributed by atoms with van der Waals surface area (Å²) < 4.78 is 0. The number of nitrogens with zero attached hydrogens (tertiary/aromatic N) is 2. The molecular formula is C13H22N2O3. The lowest BCUT2D eigenvalue weighted by atomic mass is 10.0. The third kappa shape index (κ3) is 2.66. The van der Waals surface area contributed by atoms with Gasteiger partial charge in [-0.05, 0) is 26.7 Å². The highest BCUT2D eigenvalue weighted by molar-refractivity contribution is 5.86. The molecule has 0 spiro atoms. The Kier molecular flexibility index (Phi) is 3.90. The molecule has 0 aromatic rings. The van der Waals surface area contributed by atoms with Gasteiger partial charge < -0.3 is 14.9 Å². The van der Waals surface area contributed by atoms with Crippen LogP contribution in [0.5, 0.6) is 0 Å². The lowest BCUT2D eigenvalue weighted by molar-refractivity contribution is -0.141. The van der Waals surface area contributed by atoms with Crippen LogP contribution in [-0.4, -0.2) is 58.5 Å². The first-order valence-electron chi connectivity index (χ1n) is 6.75. The molecule has 1 unspecified atom stereocenters. The van der Waals surface area contributed by atoms with E-state index in [1.165, 1.54) is 0 Å². The maximum absolute atomic E-state index is 11.9. The van der Waals surface area contributed by atoms with Crippen LogP contribution in [0.15, 0.2) is 0 Å². The molecule has 0 radical (unpaired) electrons. The third-order valence-electron chi connectivity index (χ3n) is 4.18. The molecule has 2 aliphatic rings. The van der Waals surface area contributed by atoms with Gasteiger partial charge in [0.1, 0.15) is 0 Å². The van der Waals surface area contributed by atoms with Crippen LogP contribution in [0.3, 0.4) is 0 Å². The number of hydrogen-bond donors (Lipinski definition) is 1. The van der Waals surface area contributed by atoms with E-state index < -0.39 is 11.9 Å². The van der Waals surface area contributed by atoms with Crippen molar-refractivity contribution in [2.24, 2.45) is 5.92 Å².